The normalized spacial score (nSPS) is 14.7. The summed E-state index contributed by atoms with van der Waals surface area (Å²) in [7, 11) is 0. The van der Waals surface area contributed by atoms with Gasteiger partial charge in [-0.05, 0) is 31.2 Å². The Morgan fingerprint density at radius 3 is 2.53 bits per heavy atom. The lowest BCUT2D eigenvalue weighted by Crippen LogP contribution is -2.26. The van der Waals surface area contributed by atoms with E-state index in [1.54, 1.807) is 12.1 Å². The number of hydrogen-bond acceptors (Lipinski definition) is 3. The van der Waals surface area contributed by atoms with Crippen molar-refractivity contribution < 1.29 is 14.2 Å². The van der Waals surface area contributed by atoms with Crippen LogP contribution in [0, 0.1) is 5.82 Å². The first-order valence-corrected chi connectivity index (χ1v) is 4.92. The van der Waals surface area contributed by atoms with E-state index in [4.69, 9.17) is 10.5 Å². The first-order valence-electron chi connectivity index (χ1n) is 4.92. The minimum Gasteiger partial charge on any atom is -0.491 e. The molecule has 0 fully saturated rings. The molecule has 0 aliphatic rings. The highest BCUT2D eigenvalue weighted by molar-refractivity contribution is 5.22. The Labute approximate surface area is 88.7 Å². The highest BCUT2D eigenvalue weighted by Crippen LogP contribution is 2.14. The minimum absolute atomic E-state index is 0.144. The first kappa shape index (κ1) is 11.9. The molecule has 0 radical (unpaired) electrons. The lowest BCUT2D eigenvalue weighted by Gasteiger charge is -2.17. The summed E-state index contributed by atoms with van der Waals surface area (Å²) in [6.07, 6.45) is -0.233. The molecule has 0 saturated carbocycles. The zero-order valence-electron chi connectivity index (χ0n) is 8.69. The van der Waals surface area contributed by atoms with Gasteiger partial charge in [-0.3, -0.25) is 0 Å². The molecule has 0 amide bonds. The number of hydrogen-bond donors (Lipinski definition) is 2. The van der Waals surface area contributed by atoms with E-state index >= 15 is 0 Å². The van der Waals surface area contributed by atoms with Gasteiger partial charge in [-0.25, -0.2) is 4.39 Å². The number of rotatable bonds is 5. The largest absolute Gasteiger partial charge is 0.491 e. The molecule has 4 heteroatoms. The van der Waals surface area contributed by atoms with Gasteiger partial charge >= 0.3 is 0 Å². The maximum atomic E-state index is 12.6. The number of ether oxygens (including phenoxy) is 1. The lowest BCUT2D eigenvalue weighted by molar-refractivity contribution is 0.108. The van der Waals surface area contributed by atoms with E-state index in [2.05, 4.69) is 0 Å². The molecular weight excluding hydrogens is 197 g/mol. The molecule has 3 N–H and O–H groups in total. The summed E-state index contributed by atoms with van der Waals surface area (Å²) in [5.74, 6) is 0.296. The van der Waals surface area contributed by atoms with E-state index in [1.807, 2.05) is 6.92 Å². The molecule has 0 aliphatic heterocycles. The number of benzene rings is 1. The SMILES string of the molecule is CC(CC(O)CN)Oc1ccc(F)cc1. The van der Waals surface area contributed by atoms with Crippen molar-refractivity contribution in [2.75, 3.05) is 6.54 Å². The fraction of sp³-hybridized carbons (Fsp3) is 0.455. The maximum Gasteiger partial charge on any atom is 0.123 e. The predicted molar refractivity (Wildman–Crippen MR) is 56.2 cm³/mol. The molecule has 3 nitrogen and oxygen atoms in total. The Balaban J connectivity index is 2.44. The summed E-state index contributed by atoms with van der Waals surface area (Å²) < 4.78 is 18.0. The van der Waals surface area contributed by atoms with Gasteiger partial charge in [0.25, 0.3) is 0 Å². The summed E-state index contributed by atoms with van der Waals surface area (Å²) in [5, 5.41) is 9.29. The van der Waals surface area contributed by atoms with Crippen LogP contribution in [0.1, 0.15) is 13.3 Å². The maximum absolute atomic E-state index is 12.6. The predicted octanol–water partition coefficient (Wildman–Crippen LogP) is 1.30. The quantitative estimate of drug-likeness (QED) is 0.775. The summed E-state index contributed by atoms with van der Waals surface area (Å²) in [6, 6.07) is 5.78. The van der Waals surface area contributed by atoms with Gasteiger partial charge in [-0.1, -0.05) is 0 Å². The van der Waals surface area contributed by atoms with Crippen LogP contribution in [-0.4, -0.2) is 23.9 Å². The first-order chi connectivity index (χ1) is 7.11. The van der Waals surface area contributed by atoms with Gasteiger partial charge in [-0.2, -0.15) is 0 Å². The van der Waals surface area contributed by atoms with Crippen LogP contribution in [-0.2, 0) is 0 Å². The fourth-order valence-corrected chi connectivity index (χ4v) is 1.27. The Kier molecular flexibility index (Phi) is 4.52. The Morgan fingerprint density at radius 2 is 2.00 bits per heavy atom. The van der Waals surface area contributed by atoms with Crippen LogP contribution < -0.4 is 10.5 Å². The molecule has 0 bridgehead atoms. The van der Waals surface area contributed by atoms with Crippen molar-refractivity contribution in [2.24, 2.45) is 5.73 Å². The van der Waals surface area contributed by atoms with Crippen molar-refractivity contribution in [2.45, 2.75) is 25.6 Å². The van der Waals surface area contributed by atoms with Gasteiger partial charge in [0.15, 0.2) is 0 Å². The molecule has 84 valence electrons. The number of aliphatic hydroxyl groups excluding tert-OH is 1. The highest BCUT2D eigenvalue weighted by Gasteiger charge is 2.09. The van der Waals surface area contributed by atoms with Crippen LogP contribution in [0.2, 0.25) is 0 Å². The van der Waals surface area contributed by atoms with E-state index < -0.39 is 6.10 Å². The second kappa shape index (κ2) is 5.68. The molecule has 0 aliphatic carbocycles. The fourth-order valence-electron chi connectivity index (χ4n) is 1.27. The van der Waals surface area contributed by atoms with Gasteiger partial charge in [0.05, 0.1) is 12.2 Å². The van der Waals surface area contributed by atoms with Gasteiger partial charge in [-0.15, -0.1) is 0 Å². The number of nitrogens with two attached hydrogens (primary N) is 1. The van der Waals surface area contributed by atoms with Crippen LogP contribution in [0.4, 0.5) is 4.39 Å². The molecule has 15 heavy (non-hydrogen) atoms. The highest BCUT2D eigenvalue weighted by atomic mass is 19.1. The van der Waals surface area contributed by atoms with Crippen molar-refractivity contribution in [1.82, 2.24) is 0 Å². The van der Waals surface area contributed by atoms with Crippen LogP contribution in [0.3, 0.4) is 0 Å². The minimum atomic E-state index is -0.555. The Bertz CT molecular complexity index is 289. The lowest BCUT2D eigenvalue weighted by atomic mass is 10.2. The van der Waals surface area contributed by atoms with Crippen molar-refractivity contribution in [3.63, 3.8) is 0 Å². The molecule has 1 rings (SSSR count). The third-order valence-electron chi connectivity index (χ3n) is 2.03. The van der Waals surface area contributed by atoms with E-state index in [9.17, 15) is 9.50 Å². The molecule has 0 heterocycles. The van der Waals surface area contributed by atoms with Gasteiger partial charge in [0.2, 0.25) is 0 Å². The smallest absolute Gasteiger partial charge is 0.123 e. The van der Waals surface area contributed by atoms with Crippen molar-refractivity contribution >= 4 is 0 Å². The van der Waals surface area contributed by atoms with Crippen molar-refractivity contribution in [3.05, 3.63) is 30.1 Å². The third kappa shape index (κ3) is 4.27. The molecule has 1 aromatic carbocycles. The van der Waals surface area contributed by atoms with E-state index in [0.717, 1.165) is 0 Å². The van der Waals surface area contributed by atoms with Crippen LogP contribution in [0.25, 0.3) is 0 Å². The second-order valence-electron chi connectivity index (χ2n) is 3.51. The number of aliphatic hydroxyl groups is 1. The monoisotopic (exact) mass is 213 g/mol. The number of halogens is 1. The standard InChI is InChI=1S/C11H16FNO2/c1-8(6-10(14)7-13)15-11-4-2-9(12)3-5-11/h2-5,8,10,14H,6-7,13H2,1H3. The second-order valence-corrected chi connectivity index (χ2v) is 3.51. The molecule has 2 unspecified atom stereocenters. The van der Waals surface area contributed by atoms with Gasteiger partial charge in [0, 0.05) is 13.0 Å². The Hall–Kier alpha value is -1.13. The zero-order chi connectivity index (χ0) is 11.3. The Morgan fingerprint density at radius 1 is 1.40 bits per heavy atom. The van der Waals surface area contributed by atoms with E-state index in [-0.39, 0.29) is 18.5 Å². The topological polar surface area (TPSA) is 55.5 Å². The van der Waals surface area contributed by atoms with Gasteiger partial charge in [0.1, 0.15) is 11.6 Å². The molecule has 0 saturated heterocycles. The third-order valence-corrected chi connectivity index (χ3v) is 2.03. The van der Waals surface area contributed by atoms with Crippen molar-refractivity contribution in [3.8, 4) is 5.75 Å². The summed E-state index contributed by atoms with van der Waals surface area (Å²) >= 11 is 0. The van der Waals surface area contributed by atoms with Gasteiger partial charge < -0.3 is 15.6 Å². The van der Waals surface area contributed by atoms with Crippen LogP contribution in [0.15, 0.2) is 24.3 Å². The van der Waals surface area contributed by atoms with E-state index in [0.29, 0.717) is 12.2 Å². The molecule has 1 aromatic rings. The molecule has 0 aromatic heterocycles. The summed E-state index contributed by atoms with van der Waals surface area (Å²) in [4.78, 5) is 0. The average Bonchev–Trinajstić information content (AvgIpc) is 2.21. The van der Waals surface area contributed by atoms with Crippen LogP contribution >= 0.6 is 0 Å². The van der Waals surface area contributed by atoms with Crippen molar-refractivity contribution in [1.29, 1.82) is 0 Å². The summed E-state index contributed by atoms with van der Waals surface area (Å²) in [5.41, 5.74) is 5.28. The van der Waals surface area contributed by atoms with Crippen LogP contribution in [0.5, 0.6) is 5.75 Å². The zero-order valence-corrected chi connectivity index (χ0v) is 8.69. The molecular formula is C11H16FNO2. The molecule has 2 atom stereocenters. The molecule has 0 spiro atoms. The average molecular weight is 213 g/mol. The summed E-state index contributed by atoms with van der Waals surface area (Å²) in [6.45, 7) is 2.05. The van der Waals surface area contributed by atoms with E-state index in [1.165, 1.54) is 12.1 Å².